The van der Waals surface area contributed by atoms with E-state index >= 15 is 0 Å². The predicted molar refractivity (Wildman–Crippen MR) is 95.4 cm³/mol. The number of carbonyl (C=O) groups excluding carboxylic acids is 1. The molecule has 4 rings (SSSR count). The molecular formula is C18H19N4OS+. The van der Waals surface area contributed by atoms with Crippen molar-refractivity contribution in [2.75, 3.05) is 33.2 Å². The van der Waals surface area contributed by atoms with E-state index in [0.717, 1.165) is 41.4 Å². The van der Waals surface area contributed by atoms with E-state index in [9.17, 15) is 4.79 Å². The molecule has 0 saturated carbocycles. The SMILES string of the molecule is C[NH+]1CCN(C(=O)c2cccnc2-c2nc3ccccc3s2)CC1. The van der Waals surface area contributed by atoms with Crippen molar-refractivity contribution in [3.8, 4) is 10.7 Å². The Bertz CT molecular complexity index is 850. The second kappa shape index (κ2) is 6.30. The van der Waals surface area contributed by atoms with Crippen LogP contribution in [0.5, 0.6) is 0 Å². The highest BCUT2D eigenvalue weighted by molar-refractivity contribution is 7.21. The number of likely N-dealkylation sites (N-methyl/N-ethyl adjacent to an activating group) is 1. The molecule has 3 aromatic rings. The molecule has 6 heteroatoms. The summed E-state index contributed by atoms with van der Waals surface area (Å²) in [6.07, 6.45) is 1.73. The summed E-state index contributed by atoms with van der Waals surface area (Å²) in [5, 5.41) is 0.805. The maximum Gasteiger partial charge on any atom is 0.256 e. The van der Waals surface area contributed by atoms with E-state index in [1.54, 1.807) is 17.5 Å². The standard InChI is InChI=1S/C18H18N4OS/c1-21-9-11-22(12-10-21)18(23)13-5-4-8-19-16(13)17-20-14-6-2-3-7-15(14)24-17/h2-8H,9-12H2,1H3/p+1. The van der Waals surface area contributed by atoms with Gasteiger partial charge in [-0.2, -0.15) is 0 Å². The van der Waals surface area contributed by atoms with Crippen LogP contribution in [0.4, 0.5) is 0 Å². The van der Waals surface area contributed by atoms with Gasteiger partial charge in [-0.15, -0.1) is 11.3 Å². The van der Waals surface area contributed by atoms with Gasteiger partial charge >= 0.3 is 0 Å². The summed E-state index contributed by atoms with van der Waals surface area (Å²) in [5.74, 6) is 0.0601. The molecule has 1 fully saturated rings. The van der Waals surface area contributed by atoms with Gasteiger partial charge in [-0.05, 0) is 24.3 Å². The zero-order valence-electron chi connectivity index (χ0n) is 13.5. The van der Waals surface area contributed by atoms with Gasteiger partial charge in [0, 0.05) is 6.20 Å². The van der Waals surface area contributed by atoms with Gasteiger partial charge in [0.15, 0.2) is 0 Å². The number of para-hydroxylation sites is 1. The maximum atomic E-state index is 13.0. The maximum absolute atomic E-state index is 13.0. The number of nitrogens with zero attached hydrogens (tertiary/aromatic N) is 3. The zero-order chi connectivity index (χ0) is 16.5. The molecular weight excluding hydrogens is 320 g/mol. The number of amides is 1. The highest BCUT2D eigenvalue weighted by Gasteiger charge is 2.25. The summed E-state index contributed by atoms with van der Waals surface area (Å²) in [6, 6.07) is 11.7. The lowest BCUT2D eigenvalue weighted by atomic mass is 10.1. The molecule has 1 amide bonds. The Morgan fingerprint density at radius 3 is 2.75 bits per heavy atom. The zero-order valence-corrected chi connectivity index (χ0v) is 14.3. The van der Waals surface area contributed by atoms with Crippen LogP contribution < -0.4 is 4.90 Å². The molecule has 24 heavy (non-hydrogen) atoms. The van der Waals surface area contributed by atoms with Crippen molar-refractivity contribution in [3.63, 3.8) is 0 Å². The van der Waals surface area contributed by atoms with Crippen molar-refractivity contribution in [2.24, 2.45) is 0 Å². The molecule has 122 valence electrons. The van der Waals surface area contributed by atoms with Crippen LogP contribution in [0.15, 0.2) is 42.6 Å². The smallest absolute Gasteiger partial charge is 0.256 e. The number of piperazine rings is 1. The van der Waals surface area contributed by atoms with Gasteiger partial charge in [0.25, 0.3) is 5.91 Å². The first kappa shape index (κ1) is 15.2. The van der Waals surface area contributed by atoms with E-state index in [4.69, 9.17) is 0 Å². The minimum atomic E-state index is 0.0601. The molecule has 0 bridgehead atoms. The number of carbonyl (C=O) groups is 1. The Labute approximate surface area is 144 Å². The molecule has 0 radical (unpaired) electrons. The summed E-state index contributed by atoms with van der Waals surface area (Å²) in [5.41, 5.74) is 2.29. The molecule has 1 aliphatic rings. The monoisotopic (exact) mass is 339 g/mol. The molecule has 5 nitrogen and oxygen atoms in total. The normalized spacial score (nSPS) is 15.8. The van der Waals surface area contributed by atoms with Crippen LogP contribution in [-0.2, 0) is 0 Å². The number of pyridine rings is 1. The first-order valence-corrected chi connectivity index (χ1v) is 8.95. The molecule has 0 unspecified atom stereocenters. The molecule has 1 saturated heterocycles. The van der Waals surface area contributed by atoms with Crippen molar-refractivity contribution < 1.29 is 9.69 Å². The quantitative estimate of drug-likeness (QED) is 0.766. The first-order valence-electron chi connectivity index (χ1n) is 8.14. The molecule has 0 atom stereocenters. The van der Waals surface area contributed by atoms with Crippen molar-refractivity contribution in [1.82, 2.24) is 14.9 Å². The largest absolute Gasteiger partial charge is 0.334 e. The van der Waals surface area contributed by atoms with Crippen molar-refractivity contribution in [3.05, 3.63) is 48.2 Å². The molecule has 0 spiro atoms. The summed E-state index contributed by atoms with van der Waals surface area (Å²) >= 11 is 1.58. The van der Waals surface area contributed by atoms with Crippen molar-refractivity contribution >= 4 is 27.5 Å². The number of thiazole rings is 1. The molecule has 1 aliphatic heterocycles. The Morgan fingerprint density at radius 1 is 1.17 bits per heavy atom. The minimum absolute atomic E-state index is 0.0601. The van der Waals surface area contributed by atoms with Gasteiger partial charge in [0.05, 0.1) is 49.0 Å². The third-order valence-corrected chi connectivity index (χ3v) is 5.48. The summed E-state index contributed by atoms with van der Waals surface area (Å²) < 4.78 is 1.11. The van der Waals surface area contributed by atoms with Crippen LogP contribution in [0.1, 0.15) is 10.4 Å². The molecule has 2 aromatic heterocycles. The van der Waals surface area contributed by atoms with Gasteiger partial charge in [-0.25, -0.2) is 4.98 Å². The summed E-state index contributed by atoms with van der Waals surface area (Å²) in [4.78, 5) is 25.5. The lowest BCUT2D eigenvalue weighted by Crippen LogP contribution is -3.12. The van der Waals surface area contributed by atoms with Gasteiger partial charge < -0.3 is 9.80 Å². The minimum Gasteiger partial charge on any atom is -0.334 e. The second-order valence-corrected chi connectivity index (χ2v) is 7.17. The van der Waals surface area contributed by atoms with E-state index < -0.39 is 0 Å². The average Bonchev–Trinajstić information content (AvgIpc) is 3.06. The van der Waals surface area contributed by atoms with Gasteiger partial charge in [-0.3, -0.25) is 9.78 Å². The molecule has 1 N–H and O–H groups in total. The number of hydrogen-bond acceptors (Lipinski definition) is 4. The second-order valence-electron chi connectivity index (χ2n) is 6.14. The van der Waals surface area contributed by atoms with E-state index in [1.165, 1.54) is 4.90 Å². The lowest BCUT2D eigenvalue weighted by Gasteiger charge is -2.30. The number of rotatable bonds is 2. The predicted octanol–water partition coefficient (Wildman–Crippen LogP) is 1.33. The van der Waals surface area contributed by atoms with E-state index in [-0.39, 0.29) is 5.91 Å². The first-order chi connectivity index (χ1) is 11.7. The van der Waals surface area contributed by atoms with Crippen molar-refractivity contribution in [1.29, 1.82) is 0 Å². The highest BCUT2D eigenvalue weighted by Crippen LogP contribution is 2.31. The Morgan fingerprint density at radius 2 is 1.96 bits per heavy atom. The summed E-state index contributed by atoms with van der Waals surface area (Å²) in [7, 11) is 2.17. The van der Waals surface area contributed by atoms with Crippen molar-refractivity contribution in [2.45, 2.75) is 0 Å². The fourth-order valence-corrected chi connectivity index (χ4v) is 3.96. The molecule has 1 aromatic carbocycles. The third kappa shape index (κ3) is 2.79. The number of benzene rings is 1. The Kier molecular flexibility index (Phi) is 4.00. The Balaban J connectivity index is 1.71. The molecule has 0 aliphatic carbocycles. The van der Waals surface area contributed by atoms with Gasteiger partial charge in [0.1, 0.15) is 10.7 Å². The third-order valence-electron chi connectivity index (χ3n) is 4.44. The average molecular weight is 339 g/mol. The van der Waals surface area contributed by atoms with E-state index in [2.05, 4.69) is 17.0 Å². The van der Waals surface area contributed by atoms with Crippen LogP contribution in [0, 0.1) is 0 Å². The highest BCUT2D eigenvalue weighted by atomic mass is 32.1. The van der Waals surface area contributed by atoms with Crippen LogP contribution in [0.3, 0.4) is 0 Å². The number of fused-ring (bicyclic) bond motifs is 1. The van der Waals surface area contributed by atoms with Crippen LogP contribution in [0.2, 0.25) is 0 Å². The molecule has 3 heterocycles. The Hall–Kier alpha value is -2.31. The van der Waals surface area contributed by atoms with Crippen LogP contribution in [-0.4, -0.2) is 54.0 Å². The van der Waals surface area contributed by atoms with Crippen LogP contribution in [0.25, 0.3) is 20.9 Å². The number of quaternary nitrogens is 1. The van der Waals surface area contributed by atoms with E-state index in [0.29, 0.717) is 11.3 Å². The number of aromatic nitrogens is 2. The fourth-order valence-electron chi connectivity index (χ4n) is 2.98. The summed E-state index contributed by atoms with van der Waals surface area (Å²) in [6.45, 7) is 3.56. The number of nitrogens with one attached hydrogen (secondary N) is 1. The number of hydrogen-bond donors (Lipinski definition) is 1. The van der Waals surface area contributed by atoms with Gasteiger partial charge in [-0.1, -0.05) is 12.1 Å². The van der Waals surface area contributed by atoms with Crippen LogP contribution >= 0.6 is 11.3 Å². The topological polar surface area (TPSA) is 50.5 Å². The fraction of sp³-hybridized carbons (Fsp3) is 0.278. The van der Waals surface area contributed by atoms with E-state index in [1.807, 2.05) is 41.3 Å². The van der Waals surface area contributed by atoms with Gasteiger partial charge in [0.2, 0.25) is 0 Å². The lowest BCUT2D eigenvalue weighted by molar-refractivity contribution is -0.883.